The maximum atomic E-state index is 11.5. The highest BCUT2D eigenvalue weighted by Gasteiger charge is 2.24. The number of hydrogen-bond donors (Lipinski definition) is 2. The number of nitrogens with one attached hydrogen (secondary N) is 1. The number of carbonyl (C=O) groups is 1. The van der Waals surface area contributed by atoms with Crippen LogP contribution >= 0.6 is 11.3 Å². The van der Waals surface area contributed by atoms with Crippen LogP contribution in [0.5, 0.6) is 0 Å². The lowest BCUT2D eigenvalue weighted by atomic mass is 9.94. The van der Waals surface area contributed by atoms with E-state index < -0.39 is 0 Å². The van der Waals surface area contributed by atoms with Crippen molar-refractivity contribution in [1.82, 2.24) is 15.1 Å². The van der Waals surface area contributed by atoms with Gasteiger partial charge >= 0.3 is 0 Å². The number of rotatable bonds is 5. The SMILES string of the molecule is NC(=O)c1cnn2c1C[C@@H](CNCc1cc3ccccc3s1)CC2. The predicted molar refractivity (Wildman–Crippen MR) is 96.1 cm³/mol. The van der Waals surface area contributed by atoms with Crippen LogP contribution in [0.15, 0.2) is 36.5 Å². The Labute approximate surface area is 144 Å². The van der Waals surface area contributed by atoms with Crippen molar-refractivity contribution in [2.75, 3.05) is 6.54 Å². The maximum Gasteiger partial charge on any atom is 0.252 e. The molecular weight excluding hydrogens is 320 g/mol. The van der Waals surface area contributed by atoms with E-state index in [-0.39, 0.29) is 5.91 Å². The molecule has 1 aliphatic heterocycles. The van der Waals surface area contributed by atoms with Gasteiger partial charge in [-0.25, -0.2) is 0 Å². The van der Waals surface area contributed by atoms with Crippen LogP contribution in [0, 0.1) is 5.92 Å². The standard InChI is InChI=1S/C18H20N4OS/c19-18(23)15-11-21-22-6-5-12(7-16(15)22)9-20-10-14-8-13-3-1-2-4-17(13)24-14/h1-4,8,11-12,20H,5-7,9-10H2,(H2,19,23)/t12-/m0/s1. The maximum absolute atomic E-state index is 11.5. The van der Waals surface area contributed by atoms with E-state index in [2.05, 4.69) is 40.7 Å². The van der Waals surface area contributed by atoms with Gasteiger partial charge in [-0.3, -0.25) is 9.48 Å². The van der Waals surface area contributed by atoms with Crippen LogP contribution in [0.1, 0.15) is 27.3 Å². The number of fused-ring (bicyclic) bond motifs is 2. The van der Waals surface area contributed by atoms with Crippen molar-refractivity contribution in [2.24, 2.45) is 11.7 Å². The molecule has 0 saturated carbocycles. The van der Waals surface area contributed by atoms with Gasteiger partial charge in [0.2, 0.25) is 0 Å². The summed E-state index contributed by atoms with van der Waals surface area (Å²) in [4.78, 5) is 12.8. The summed E-state index contributed by atoms with van der Waals surface area (Å²) in [5, 5.41) is 9.14. The molecule has 1 amide bonds. The van der Waals surface area contributed by atoms with Crippen LogP contribution < -0.4 is 11.1 Å². The number of nitrogens with zero attached hydrogens (tertiary/aromatic N) is 2. The molecule has 0 radical (unpaired) electrons. The van der Waals surface area contributed by atoms with E-state index in [9.17, 15) is 4.79 Å². The van der Waals surface area contributed by atoms with Crippen molar-refractivity contribution >= 4 is 27.3 Å². The number of aryl methyl sites for hydroxylation is 1. The fourth-order valence-corrected chi connectivity index (χ4v) is 4.44. The van der Waals surface area contributed by atoms with Crippen LogP contribution in [0.3, 0.4) is 0 Å². The minimum absolute atomic E-state index is 0.380. The number of amides is 1. The van der Waals surface area contributed by atoms with Gasteiger partial charge in [-0.2, -0.15) is 5.10 Å². The van der Waals surface area contributed by atoms with Crippen LogP contribution in [0.25, 0.3) is 10.1 Å². The third-order valence-electron chi connectivity index (χ3n) is 4.65. The third-order valence-corrected chi connectivity index (χ3v) is 5.77. The molecule has 0 bridgehead atoms. The van der Waals surface area contributed by atoms with E-state index in [4.69, 9.17) is 5.73 Å². The molecule has 124 valence electrons. The minimum atomic E-state index is -0.380. The van der Waals surface area contributed by atoms with E-state index >= 15 is 0 Å². The van der Waals surface area contributed by atoms with Crippen molar-refractivity contribution in [2.45, 2.75) is 25.9 Å². The van der Waals surface area contributed by atoms with E-state index in [1.807, 2.05) is 16.0 Å². The number of nitrogens with two attached hydrogens (primary N) is 1. The number of carbonyl (C=O) groups excluding carboxylic acids is 1. The Balaban J connectivity index is 1.36. The molecule has 3 N–H and O–H groups in total. The molecule has 1 atom stereocenters. The Morgan fingerprint density at radius 2 is 2.29 bits per heavy atom. The first-order chi connectivity index (χ1) is 11.7. The number of thiophene rings is 1. The molecular formula is C18H20N4OS. The van der Waals surface area contributed by atoms with E-state index in [1.54, 1.807) is 6.20 Å². The smallest absolute Gasteiger partial charge is 0.252 e. The second-order valence-electron chi connectivity index (χ2n) is 6.33. The average molecular weight is 340 g/mol. The first-order valence-corrected chi connectivity index (χ1v) is 9.05. The van der Waals surface area contributed by atoms with Gasteiger partial charge in [-0.05, 0) is 42.8 Å². The summed E-state index contributed by atoms with van der Waals surface area (Å²) < 4.78 is 3.25. The molecule has 0 saturated heterocycles. The third kappa shape index (κ3) is 2.95. The summed E-state index contributed by atoms with van der Waals surface area (Å²) in [5.74, 6) is 0.136. The zero-order chi connectivity index (χ0) is 16.5. The molecule has 3 heterocycles. The van der Waals surface area contributed by atoms with Crippen molar-refractivity contribution < 1.29 is 4.79 Å². The van der Waals surface area contributed by atoms with Gasteiger partial charge in [-0.15, -0.1) is 11.3 Å². The van der Waals surface area contributed by atoms with Gasteiger partial charge < -0.3 is 11.1 Å². The zero-order valence-corrected chi connectivity index (χ0v) is 14.2. The normalized spacial score (nSPS) is 17.1. The lowest BCUT2D eigenvalue weighted by Crippen LogP contribution is -2.30. The second kappa shape index (κ2) is 6.37. The quantitative estimate of drug-likeness (QED) is 0.750. The zero-order valence-electron chi connectivity index (χ0n) is 13.4. The number of primary amides is 1. The van der Waals surface area contributed by atoms with Gasteiger partial charge in [0.15, 0.2) is 0 Å². The largest absolute Gasteiger partial charge is 0.365 e. The fraction of sp³-hybridized carbons (Fsp3) is 0.333. The van der Waals surface area contributed by atoms with Crippen molar-refractivity contribution in [3.63, 3.8) is 0 Å². The van der Waals surface area contributed by atoms with Crippen LogP contribution in [0.2, 0.25) is 0 Å². The van der Waals surface area contributed by atoms with Gasteiger partial charge in [-0.1, -0.05) is 18.2 Å². The predicted octanol–water partition coefficient (Wildman–Crippen LogP) is 2.55. The molecule has 24 heavy (non-hydrogen) atoms. The molecule has 5 nitrogen and oxygen atoms in total. The lowest BCUT2D eigenvalue weighted by molar-refractivity contribution is 0.0998. The average Bonchev–Trinajstić information content (AvgIpc) is 3.17. The monoisotopic (exact) mass is 340 g/mol. The molecule has 1 aromatic carbocycles. The highest BCUT2D eigenvalue weighted by atomic mass is 32.1. The molecule has 0 fully saturated rings. The number of benzene rings is 1. The Hall–Kier alpha value is -2.18. The fourth-order valence-electron chi connectivity index (χ4n) is 3.40. The summed E-state index contributed by atoms with van der Waals surface area (Å²) in [6, 6.07) is 10.7. The number of hydrogen-bond acceptors (Lipinski definition) is 4. The minimum Gasteiger partial charge on any atom is -0.365 e. The topological polar surface area (TPSA) is 72.9 Å². The first kappa shape index (κ1) is 15.4. The molecule has 0 unspecified atom stereocenters. The first-order valence-electron chi connectivity index (χ1n) is 8.23. The van der Waals surface area contributed by atoms with Crippen LogP contribution in [0.4, 0.5) is 0 Å². The summed E-state index contributed by atoms with van der Waals surface area (Å²) >= 11 is 1.84. The van der Waals surface area contributed by atoms with Gasteiger partial charge in [0.05, 0.1) is 17.5 Å². The molecule has 3 aromatic rings. The van der Waals surface area contributed by atoms with Gasteiger partial charge in [0.1, 0.15) is 0 Å². The van der Waals surface area contributed by atoms with Crippen molar-refractivity contribution in [3.05, 3.63) is 52.7 Å². The summed E-state index contributed by atoms with van der Waals surface area (Å²) in [6.07, 6.45) is 3.54. The summed E-state index contributed by atoms with van der Waals surface area (Å²) in [5.41, 5.74) is 7.00. The molecule has 0 aliphatic carbocycles. The van der Waals surface area contributed by atoms with Crippen molar-refractivity contribution in [1.29, 1.82) is 0 Å². The Morgan fingerprint density at radius 1 is 1.42 bits per heavy atom. The van der Waals surface area contributed by atoms with Gasteiger partial charge in [0.25, 0.3) is 5.91 Å². The molecule has 6 heteroatoms. The molecule has 4 rings (SSSR count). The molecule has 1 aliphatic rings. The Kier molecular flexibility index (Phi) is 4.08. The molecule has 0 spiro atoms. The van der Waals surface area contributed by atoms with Crippen LogP contribution in [-0.4, -0.2) is 22.2 Å². The van der Waals surface area contributed by atoms with Crippen molar-refractivity contribution in [3.8, 4) is 0 Å². The number of aromatic nitrogens is 2. The van der Waals surface area contributed by atoms with E-state index in [0.717, 1.165) is 38.2 Å². The highest BCUT2D eigenvalue weighted by Crippen LogP contribution is 2.26. The highest BCUT2D eigenvalue weighted by molar-refractivity contribution is 7.19. The lowest BCUT2D eigenvalue weighted by Gasteiger charge is -2.24. The van der Waals surface area contributed by atoms with E-state index in [0.29, 0.717) is 11.5 Å². The summed E-state index contributed by atoms with van der Waals surface area (Å²) in [7, 11) is 0. The molecule has 2 aromatic heterocycles. The Bertz CT molecular complexity index is 849. The second-order valence-corrected chi connectivity index (χ2v) is 7.50. The van der Waals surface area contributed by atoms with Crippen LogP contribution in [-0.2, 0) is 19.5 Å². The Morgan fingerprint density at radius 3 is 3.12 bits per heavy atom. The summed E-state index contributed by atoms with van der Waals surface area (Å²) in [6.45, 7) is 2.69. The van der Waals surface area contributed by atoms with Gasteiger partial charge in [0, 0.05) is 22.7 Å². The van der Waals surface area contributed by atoms with E-state index in [1.165, 1.54) is 15.0 Å².